The number of benzene rings is 3. The van der Waals surface area contributed by atoms with Gasteiger partial charge in [-0.25, -0.2) is 4.79 Å². The fraction of sp³-hybridized carbons (Fsp3) is 0.136. The molecular formula is C22H20Cl4N2O3. The van der Waals surface area contributed by atoms with Crippen LogP contribution in [0.3, 0.4) is 0 Å². The molecule has 0 aliphatic rings. The molecule has 0 aliphatic heterocycles. The van der Waals surface area contributed by atoms with Crippen LogP contribution >= 0.6 is 46.4 Å². The van der Waals surface area contributed by atoms with Gasteiger partial charge in [-0.1, -0.05) is 46.4 Å². The standard InChI is InChI=1S/C13H10Cl2O2.C9H10Cl2N2O/c14-10-1-3-12(16)8(6-10)5-9-7-11(15)2-4-13(9)17;1-13(2)9(14)12-6-3-4-7(10)8(11)5-6/h1-4,6-7,16-17H,5H2;3-5H,1-2H3,(H,12,14). The van der Waals surface area contributed by atoms with E-state index in [0.29, 0.717) is 43.3 Å². The maximum Gasteiger partial charge on any atom is 0.321 e. The highest BCUT2D eigenvalue weighted by atomic mass is 35.5. The first-order valence-electron chi connectivity index (χ1n) is 8.95. The van der Waals surface area contributed by atoms with Gasteiger partial charge >= 0.3 is 6.03 Å². The molecule has 0 atom stereocenters. The van der Waals surface area contributed by atoms with Crippen molar-refractivity contribution in [3.05, 3.63) is 85.8 Å². The number of amides is 2. The van der Waals surface area contributed by atoms with Gasteiger partial charge in [0.2, 0.25) is 0 Å². The Bertz CT molecular complexity index is 1030. The highest BCUT2D eigenvalue weighted by molar-refractivity contribution is 6.42. The van der Waals surface area contributed by atoms with E-state index in [1.165, 1.54) is 17.0 Å². The largest absolute Gasteiger partial charge is 0.508 e. The lowest BCUT2D eigenvalue weighted by Crippen LogP contribution is -2.27. The first kappa shape index (κ1) is 25.0. The second-order valence-electron chi connectivity index (χ2n) is 6.68. The van der Waals surface area contributed by atoms with Crippen LogP contribution in [0.25, 0.3) is 0 Å². The van der Waals surface area contributed by atoms with Gasteiger partial charge in [-0.3, -0.25) is 0 Å². The van der Waals surface area contributed by atoms with Crippen LogP contribution in [0.1, 0.15) is 11.1 Å². The van der Waals surface area contributed by atoms with Crippen LogP contribution in [0, 0.1) is 0 Å². The minimum Gasteiger partial charge on any atom is -0.508 e. The van der Waals surface area contributed by atoms with Crippen LogP contribution in [0.5, 0.6) is 11.5 Å². The van der Waals surface area contributed by atoms with E-state index in [2.05, 4.69) is 5.32 Å². The number of rotatable bonds is 3. The number of phenols is 2. The van der Waals surface area contributed by atoms with E-state index >= 15 is 0 Å². The van der Waals surface area contributed by atoms with Crippen molar-refractivity contribution in [1.29, 1.82) is 0 Å². The number of anilines is 1. The van der Waals surface area contributed by atoms with Crippen molar-refractivity contribution in [2.75, 3.05) is 19.4 Å². The fourth-order valence-electron chi connectivity index (χ4n) is 2.41. The number of halogens is 4. The van der Waals surface area contributed by atoms with Gasteiger partial charge < -0.3 is 20.4 Å². The van der Waals surface area contributed by atoms with Crippen LogP contribution in [0.2, 0.25) is 20.1 Å². The summed E-state index contributed by atoms with van der Waals surface area (Å²) in [5.74, 6) is 0.294. The van der Waals surface area contributed by atoms with Crippen LogP contribution in [0.4, 0.5) is 10.5 Å². The number of nitrogens with zero attached hydrogens (tertiary/aromatic N) is 1. The highest BCUT2D eigenvalue weighted by Gasteiger charge is 2.08. The third kappa shape index (κ3) is 7.71. The first-order valence-corrected chi connectivity index (χ1v) is 10.5. The Morgan fingerprint density at radius 1 is 0.806 bits per heavy atom. The molecule has 0 saturated carbocycles. The third-order valence-electron chi connectivity index (χ3n) is 4.04. The summed E-state index contributed by atoms with van der Waals surface area (Å²) in [5, 5.41) is 24.0. The van der Waals surface area contributed by atoms with Crippen molar-refractivity contribution in [2.24, 2.45) is 0 Å². The molecule has 0 fully saturated rings. The molecule has 3 rings (SSSR count). The van der Waals surface area contributed by atoms with E-state index in [1.807, 2.05) is 0 Å². The van der Waals surface area contributed by atoms with Crippen LogP contribution in [0.15, 0.2) is 54.6 Å². The number of hydrogen-bond donors (Lipinski definition) is 3. The van der Waals surface area contributed by atoms with Gasteiger partial charge in [0.25, 0.3) is 0 Å². The quantitative estimate of drug-likeness (QED) is 0.359. The summed E-state index contributed by atoms with van der Waals surface area (Å²) in [6.45, 7) is 0. The van der Waals surface area contributed by atoms with Crippen molar-refractivity contribution in [1.82, 2.24) is 4.90 Å². The Hall–Kier alpha value is -2.31. The Morgan fingerprint density at radius 3 is 1.77 bits per heavy atom. The minimum atomic E-state index is -0.205. The van der Waals surface area contributed by atoms with E-state index in [-0.39, 0.29) is 17.5 Å². The molecule has 2 amide bonds. The smallest absolute Gasteiger partial charge is 0.321 e. The summed E-state index contributed by atoms with van der Waals surface area (Å²) in [4.78, 5) is 12.7. The summed E-state index contributed by atoms with van der Waals surface area (Å²) >= 11 is 23.2. The Labute approximate surface area is 200 Å². The average molecular weight is 502 g/mol. The van der Waals surface area contributed by atoms with Crippen molar-refractivity contribution >= 4 is 58.1 Å². The molecule has 164 valence electrons. The number of aromatic hydroxyl groups is 2. The normalized spacial score (nSPS) is 10.1. The highest BCUT2D eigenvalue weighted by Crippen LogP contribution is 2.29. The lowest BCUT2D eigenvalue weighted by atomic mass is 10.0. The van der Waals surface area contributed by atoms with Gasteiger partial charge in [0, 0.05) is 36.2 Å². The van der Waals surface area contributed by atoms with Crippen molar-refractivity contribution in [2.45, 2.75) is 6.42 Å². The Morgan fingerprint density at radius 2 is 1.32 bits per heavy atom. The molecule has 0 spiro atoms. The van der Waals surface area contributed by atoms with Crippen molar-refractivity contribution in [3.63, 3.8) is 0 Å². The minimum absolute atomic E-state index is 0.147. The fourth-order valence-corrected chi connectivity index (χ4v) is 3.09. The monoisotopic (exact) mass is 500 g/mol. The molecular weight excluding hydrogens is 482 g/mol. The first-order chi connectivity index (χ1) is 14.6. The zero-order valence-electron chi connectivity index (χ0n) is 16.7. The van der Waals surface area contributed by atoms with Crippen molar-refractivity contribution < 1.29 is 15.0 Å². The molecule has 0 saturated heterocycles. The second-order valence-corrected chi connectivity index (χ2v) is 8.36. The molecule has 0 bridgehead atoms. The van der Waals surface area contributed by atoms with Crippen LogP contribution < -0.4 is 5.32 Å². The lowest BCUT2D eigenvalue weighted by Gasteiger charge is -2.12. The zero-order chi connectivity index (χ0) is 23.1. The van der Waals surface area contributed by atoms with Gasteiger partial charge in [-0.15, -0.1) is 0 Å². The van der Waals surface area contributed by atoms with Crippen LogP contribution in [-0.4, -0.2) is 35.2 Å². The summed E-state index contributed by atoms with van der Waals surface area (Å²) in [5.41, 5.74) is 1.92. The summed E-state index contributed by atoms with van der Waals surface area (Å²) in [6, 6.07) is 14.3. The van der Waals surface area contributed by atoms with Crippen molar-refractivity contribution in [3.8, 4) is 11.5 Å². The lowest BCUT2D eigenvalue weighted by molar-refractivity contribution is 0.230. The maximum atomic E-state index is 11.2. The summed E-state index contributed by atoms with van der Waals surface area (Å²) in [7, 11) is 3.32. The molecule has 31 heavy (non-hydrogen) atoms. The molecule has 3 N–H and O–H groups in total. The van der Waals surface area contributed by atoms with E-state index in [4.69, 9.17) is 46.4 Å². The number of carbonyl (C=O) groups excluding carboxylic acids is 1. The van der Waals surface area contributed by atoms with E-state index in [9.17, 15) is 15.0 Å². The zero-order valence-corrected chi connectivity index (χ0v) is 19.7. The molecule has 0 aliphatic carbocycles. The number of hydrogen-bond acceptors (Lipinski definition) is 3. The molecule has 0 unspecified atom stereocenters. The molecule has 3 aromatic rings. The molecule has 0 aromatic heterocycles. The number of urea groups is 1. The topological polar surface area (TPSA) is 72.8 Å². The molecule has 3 aromatic carbocycles. The van der Waals surface area contributed by atoms with E-state index in [1.54, 1.807) is 56.6 Å². The van der Waals surface area contributed by atoms with Crippen LogP contribution in [-0.2, 0) is 6.42 Å². The van der Waals surface area contributed by atoms with Gasteiger partial charge in [0.1, 0.15) is 11.5 Å². The van der Waals surface area contributed by atoms with Gasteiger partial charge in [-0.05, 0) is 65.7 Å². The van der Waals surface area contributed by atoms with Gasteiger partial charge in [0.05, 0.1) is 10.0 Å². The molecule has 0 heterocycles. The maximum absolute atomic E-state index is 11.2. The molecule has 9 heteroatoms. The summed E-state index contributed by atoms with van der Waals surface area (Å²) < 4.78 is 0. The Balaban J connectivity index is 0.000000225. The van der Waals surface area contributed by atoms with E-state index < -0.39 is 0 Å². The predicted octanol–water partition coefficient (Wildman–Crippen LogP) is 7.08. The van der Waals surface area contributed by atoms with Gasteiger partial charge in [0.15, 0.2) is 0 Å². The molecule has 5 nitrogen and oxygen atoms in total. The van der Waals surface area contributed by atoms with Gasteiger partial charge in [-0.2, -0.15) is 0 Å². The van der Waals surface area contributed by atoms with E-state index in [0.717, 1.165) is 0 Å². The number of nitrogens with one attached hydrogen (secondary N) is 1. The third-order valence-corrected chi connectivity index (χ3v) is 5.25. The number of phenolic OH excluding ortho intramolecular Hbond substituents is 2. The number of carbonyl (C=O) groups is 1. The predicted molar refractivity (Wildman–Crippen MR) is 128 cm³/mol. The molecule has 0 radical (unpaired) electrons. The second kappa shape index (κ2) is 11.3. The summed E-state index contributed by atoms with van der Waals surface area (Å²) in [6.07, 6.45) is 0.374. The Kier molecular flexibility index (Phi) is 9.14. The average Bonchev–Trinajstić information content (AvgIpc) is 2.71. The SMILES string of the molecule is CN(C)C(=O)Nc1ccc(Cl)c(Cl)c1.Oc1ccc(Cl)cc1Cc1cc(Cl)ccc1O.